The lowest BCUT2D eigenvalue weighted by Crippen LogP contribution is -2.38. The fourth-order valence-corrected chi connectivity index (χ4v) is 2.26. The van der Waals surface area contributed by atoms with Crippen LogP contribution in [0.25, 0.3) is 0 Å². The molecule has 1 saturated heterocycles. The van der Waals surface area contributed by atoms with Crippen molar-refractivity contribution >= 4 is 17.0 Å². The zero-order valence-electron chi connectivity index (χ0n) is 9.09. The summed E-state index contributed by atoms with van der Waals surface area (Å²) >= 11 is 0. The number of rotatable bonds is 4. The van der Waals surface area contributed by atoms with Gasteiger partial charge in [-0.3, -0.25) is 0 Å². The van der Waals surface area contributed by atoms with E-state index in [0.29, 0.717) is 0 Å². The Bertz CT molecular complexity index is 108. The van der Waals surface area contributed by atoms with Crippen molar-refractivity contribution < 1.29 is 0 Å². The first-order valence-corrected chi connectivity index (χ1v) is 5.62. The lowest BCUT2D eigenvalue weighted by atomic mass is 10.0. The zero-order chi connectivity index (χ0) is 8.81. The Morgan fingerprint density at radius 3 is 2.15 bits per heavy atom. The van der Waals surface area contributed by atoms with E-state index in [2.05, 4.69) is 18.7 Å². The maximum absolute atomic E-state index is 2.70. The van der Waals surface area contributed by atoms with Crippen LogP contribution in [0.3, 0.4) is 0 Å². The second-order valence-electron chi connectivity index (χ2n) is 3.95. The number of nitrogens with zero attached hydrogens (tertiary/aromatic N) is 1. The average Bonchev–Trinajstić information content (AvgIpc) is 2.15. The largest absolute Gasteiger partial charge is 0.300 e. The van der Waals surface area contributed by atoms with E-state index in [1.54, 1.807) is 0 Å². The maximum atomic E-state index is 2.70. The Morgan fingerprint density at radius 2 is 1.69 bits per heavy atom. The standard InChI is InChI=1S/C11H23N.BrH/c1-3-8-11(4-2)12-9-6-5-7-10-12;/h11H,3-10H2,1-2H3;1H. The molecule has 1 heterocycles. The highest BCUT2D eigenvalue weighted by atomic mass is 79.9. The van der Waals surface area contributed by atoms with Crippen LogP contribution in [-0.4, -0.2) is 24.0 Å². The lowest BCUT2D eigenvalue weighted by Gasteiger charge is -2.33. The van der Waals surface area contributed by atoms with Crippen molar-refractivity contribution in [2.24, 2.45) is 0 Å². The predicted molar refractivity (Wildman–Crippen MR) is 64.7 cm³/mol. The van der Waals surface area contributed by atoms with Crippen LogP contribution in [0.15, 0.2) is 0 Å². The molecule has 1 aliphatic rings. The molecular weight excluding hydrogens is 226 g/mol. The van der Waals surface area contributed by atoms with E-state index in [-0.39, 0.29) is 17.0 Å². The van der Waals surface area contributed by atoms with Crippen LogP contribution in [0, 0.1) is 0 Å². The van der Waals surface area contributed by atoms with Crippen LogP contribution in [0.4, 0.5) is 0 Å². The van der Waals surface area contributed by atoms with Crippen molar-refractivity contribution in [2.75, 3.05) is 13.1 Å². The number of halogens is 1. The molecule has 0 aromatic rings. The Kier molecular flexibility index (Phi) is 8.07. The molecule has 0 bridgehead atoms. The smallest absolute Gasteiger partial charge is 0.00925 e. The average molecular weight is 250 g/mol. The summed E-state index contributed by atoms with van der Waals surface area (Å²) in [7, 11) is 0. The van der Waals surface area contributed by atoms with Gasteiger partial charge in [-0.25, -0.2) is 0 Å². The van der Waals surface area contributed by atoms with Crippen LogP contribution in [0.2, 0.25) is 0 Å². The maximum Gasteiger partial charge on any atom is 0.00925 e. The van der Waals surface area contributed by atoms with E-state index in [0.717, 1.165) is 6.04 Å². The van der Waals surface area contributed by atoms with Gasteiger partial charge >= 0.3 is 0 Å². The third-order valence-corrected chi connectivity index (χ3v) is 3.00. The molecule has 0 aromatic carbocycles. The molecule has 0 amide bonds. The number of piperidine rings is 1. The van der Waals surface area contributed by atoms with Crippen LogP contribution in [-0.2, 0) is 0 Å². The Morgan fingerprint density at radius 1 is 1.08 bits per heavy atom. The van der Waals surface area contributed by atoms with Crippen molar-refractivity contribution in [2.45, 2.75) is 58.4 Å². The summed E-state index contributed by atoms with van der Waals surface area (Å²) in [5.41, 5.74) is 0. The molecule has 0 saturated carbocycles. The summed E-state index contributed by atoms with van der Waals surface area (Å²) in [4.78, 5) is 2.70. The van der Waals surface area contributed by atoms with E-state index in [4.69, 9.17) is 0 Å². The summed E-state index contributed by atoms with van der Waals surface area (Å²) in [6, 6.07) is 0.885. The summed E-state index contributed by atoms with van der Waals surface area (Å²) in [6.07, 6.45) is 8.40. The van der Waals surface area contributed by atoms with Crippen LogP contribution >= 0.6 is 17.0 Å². The molecule has 1 nitrogen and oxygen atoms in total. The Hall–Kier alpha value is 0.440. The lowest BCUT2D eigenvalue weighted by molar-refractivity contribution is 0.150. The van der Waals surface area contributed by atoms with Crippen LogP contribution < -0.4 is 0 Å². The van der Waals surface area contributed by atoms with Crippen LogP contribution in [0.1, 0.15) is 52.4 Å². The number of hydrogen-bond donors (Lipinski definition) is 0. The van der Waals surface area contributed by atoms with Gasteiger partial charge in [-0.2, -0.15) is 0 Å². The van der Waals surface area contributed by atoms with Crippen LogP contribution in [0.5, 0.6) is 0 Å². The monoisotopic (exact) mass is 249 g/mol. The third-order valence-electron chi connectivity index (χ3n) is 3.00. The van der Waals surface area contributed by atoms with Crippen molar-refractivity contribution in [3.05, 3.63) is 0 Å². The molecule has 1 fully saturated rings. The topological polar surface area (TPSA) is 3.24 Å². The fraction of sp³-hybridized carbons (Fsp3) is 1.00. The van der Waals surface area contributed by atoms with Gasteiger partial charge in [0.25, 0.3) is 0 Å². The van der Waals surface area contributed by atoms with E-state index < -0.39 is 0 Å². The number of hydrogen-bond acceptors (Lipinski definition) is 1. The molecule has 0 N–H and O–H groups in total. The van der Waals surface area contributed by atoms with Gasteiger partial charge in [0.15, 0.2) is 0 Å². The SMILES string of the molecule is Br.CCCC(CC)N1CCCCC1. The first kappa shape index (κ1) is 13.4. The van der Waals surface area contributed by atoms with Crippen molar-refractivity contribution in [1.29, 1.82) is 0 Å². The van der Waals surface area contributed by atoms with Gasteiger partial charge in [0, 0.05) is 6.04 Å². The summed E-state index contributed by atoms with van der Waals surface area (Å²) in [6.45, 7) is 7.35. The molecule has 0 radical (unpaired) electrons. The Labute approximate surface area is 93.7 Å². The molecule has 2 heteroatoms. The molecule has 13 heavy (non-hydrogen) atoms. The van der Waals surface area contributed by atoms with E-state index >= 15 is 0 Å². The van der Waals surface area contributed by atoms with E-state index in [9.17, 15) is 0 Å². The molecule has 1 atom stereocenters. The van der Waals surface area contributed by atoms with Crippen molar-refractivity contribution in [1.82, 2.24) is 4.90 Å². The molecule has 0 spiro atoms. The summed E-state index contributed by atoms with van der Waals surface area (Å²) < 4.78 is 0. The fourth-order valence-electron chi connectivity index (χ4n) is 2.26. The minimum atomic E-state index is 0. The van der Waals surface area contributed by atoms with E-state index in [1.807, 2.05) is 0 Å². The second kappa shape index (κ2) is 7.81. The first-order valence-electron chi connectivity index (χ1n) is 5.62. The van der Waals surface area contributed by atoms with Gasteiger partial charge in [0.1, 0.15) is 0 Å². The molecule has 1 rings (SSSR count). The molecule has 1 unspecified atom stereocenters. The molecule has 0 aliphatic carbocycles. The zero-order valence-corrected chi connectivity index (χ0v) is 10.8. The minimum absolute atomic E-state index is 0. The Balaban J connectivity index is 0.00000144. The summed E-state index contributed by atoms with van der Waals surface area (Å²) in [5, 5.41) is 0. The second-order valence-corrected chi connectivity index (χ2v) is 3.95. The highest BCUT2D eigenvalue weighted by Crippen LogP contribution is 2.17. The van der Waals surface area contributed by atoms with Gasteiger partial charge in [-0.15, -0.1) is 17.0 Å². The van der Waals surface area contributed by atoms with Gasteiger partial charge in [-0.1, -0.05) is 26.7 Å². The highest BCUT2D eigenvalue weighted by Gasteiger charge is 2.17. The normalized spacial score (nSPS) is 20.8. The van der Waals surface area contributed by atoms with Gasteiger partial charge in [-0.05, 0) is 38.8 Å². The van der Waals surface area contributed by atoms with Crippen molar-refractivity contribution in [3.63, 3.8) is 0 Å². The number of likely N-dealkylation sites (tertiary alicyclic amines) is 1. The molecule has 1 aliphatic heterocycles. The quantitative estimate of drug-likeness (QED) is 0.736. The van der Waals surface area contributed by atoms with Gasteiger partial charge < -0.3 is 4.90 Å². The third kappa shape index (κ3) is 4.46. The predicted octanol–water partition coefficient (Wildman–Crippen LogP) is 3.63. The summed E-state index contributed by atoms with van der Waals surface area (Å²) in [5.74, 6) is 0. The molecule has 0 aromatic heterocycles. The van der Waals surface area contributed by atoms with Gasteiger partial charge in [0.05, 0.1) is 0 Å². The molecular formula is C11H24BrN. The van der Waals surface area contributed by atoms with Gasteiger partial charge in [0.2, 0.25) is 0 Å². The highest BCUT2D eigenvalue weighted by molar-refractivity contribution is 8.93. The molecule has 80 valence electrons. The first-order chi connectivity index (χ1) is 5.88. The van der Waals surface area contributed by atoms with E-state index in [1.165, 1.54) is 51.6 Å². The minimum Gasteiger partial charge on any atom is -0.300 e. The van der Waals surface area contributed by atoms with Crippen molar-refractivity contribution in [3.8, 4) is 0 Å².